The lowest BCUT2D eigenvalue weighted by atomic mass is 10.2. The molecule has 0 aromatic carbocycles. The third kappa shape index (κ3) is 4.39. The number of aliphatic hydroxyl groups excluding tert-OH is 1. The number of hydrogen-bond donors (Lipinski definition) is 2. The van der Waals surface area contributed by atoms with Crippen LogP contribution in [-0.2, 0) is 10.7 Å². The number of carbonyl (C=O) groups is 1. The summed E-state index contributed by atoms with van der Waals surface area (Å²) in [6.07, 6.45) is -0.764. The first-order valence-corrected chi connectivity index (χ1v) is 6.33. The van der Waals surface area contributed by atoms with Gasteiger partial charge in [0.2, 0.25) is 0 Å². The monoisotopic (exact) mass is 294 g/mol. The molecular weight excluding hydrogens is 278 g/mol. The molecule has 0 saturated carbocycles. The van der Waals surface area contributed by atoms with Crippen molar-refractivity contribution < 1.29 is 23.4 Å². The molecule has 0 aliphatic heterocycles. The van der Waals surface area contributed by atoms with E-state index in [4.69, 9.17) is 9.84 Å². The van der Waals surface area contributed by atoms with Crippen LogP contribution in [0.25, 0.3) is 0 Å². The molecule has 8 heteroatoms. The first-order valence-electron chi connectivity index (χ1n) is 5.52. The highest BCUT2D eigenvalue weighted by molar-refractivity contribution is 7.16. The van der Waals surface area contributed by atoms with E-state index in [2.05, 4.69) is 10.3 Å². The molecule has 1 amide bonds. The zero-order valence-corrected chi connectivity index (χ0v) is 11.9. The van der Waals surface area contributed by atoms with Gasteiger partial charge in [-0.1, -0.05) is 11.3 Å². The van der Waals surface area contributed by atoms with Gasteiger partial charge >= 0.3 is 12.0 Å². The summed E-state index contributed by atoms with van der Waals surface area (Å²) in [4.78, 5) is 14.9. The van der Waals surface area contributed by atoms with Crippen LogP contribution in [0.15, 0.2) is 0 Å². The average Bonchev–Trinajstić information content (AvgIpc) is 2.57. The largest absolute Gasteiger partial charge is 0.444 e. The summed E-state index contributed by atoms with van der Waals surface area (Å²) >= 11 is 0.612. The van der Waals surface area contributed by atoms with E-state index in [9.17, 15) is 13.6 Å². The Hall–Kier alpha value is -1.28. The molecule has 19 heavy (non-hydrogen) atoms. The number of ether oxygens (including phenoxy) is 1. The number of nitrogens with zero attached hydrogens (tertiary/aromatic N) is 1. The maximum atomic E-state index is 13.3. The third-order valence-corrected chi connectivity index (χ3v) is 3.12. The Kier molecular flexibility index (Phi) is 4.46. The Morgan fingerprint density at radius 1 is 1.47 bits per heavy atom. The fourth-order valence-electron chi connectivity index (χ4n) is 1.25. The van der Waals surface area contributed by atoms with Crippen LogP contribution >= 0.6 is 11.3 Å². The Labute approximate surface area is 113 Å². The van der Waals surface area contributed by atoms with Gasteiger partial charge in [-0.2, -0.15) is 8.78 Å². The number of halogens is 2. The van der Waals surface area contributed by atoms with Crippen molar-refractivity contribution in [1.82, 2.24) is 4.98 Å². The van der Waals surface area contributed by atoms with Crippen LogP contribution in [0.1, 0.15) is 31.3 Å². The number of nitrogens with one attached hydrogen (secondary N) is 1. The molecule has 1 aromatic heterocycles. The summed E-state index contributed by atoms with van der Waals surface area (Å²) in [5.41, 5.74) is -0.621. The maximum Gasteiger partial charge on any atom is 0.413 e. The predicted molar refractivity (Wildman–Crippen MR) is 67.7 cm³/mol. The Morgan fingerprint density at radius 3 is 2.53 bits per heavy atom. The van der Waals surface area contributed by atoms with Gasteiger partial charge in [0.15, 0.2) is 5.13 Å². The number of aromatic nitrogens is 1. The van der Waals surface area contributed by atoms with Gasteiger partial charge in [0.25, 0.3) is 0 Å². The molecular formula is C11H16F2N2O3S. The maximum absolute atomic E-state index is 13.3. The lowest BCUT2D eigenvalue weighted by Gasteiger charge is -2.18. The molecule has 1 heterocycles. The Bertz CT molecular complexity index is 469. The van der Waals surface area contributed by atoms with Gasteiger partial charge in [-0.05, 0) is 27.7 Å². The first kappa shape index (κ1) is 15.8. The van der Waals surface area contributed by atoms with E-state index in [0.29, 0.717) is 11.3 Å². The quantitative estimate of drug-likeness (QED) is 0.899. The van der Waals surface area contributed by atoms with E-state index in [1.807, 2.05) is 0 Å². The Balaban J connectivity index is 2.83. The zero-order chi connectivity index (χ0) is 14.8. The molecule has 0 bridgehead atoms. The molecule has 1 aromatic rings. The predicted octanol–water partition coefficient (Wildman–Crippen LogP) is 2.88. The Morgan fingerprint density at radius 2 is 2.05 bits per heavy atom. The fourth-order valence-corrected chi connectivity index (χ4v) is 2.17. The number of carbonyl (C=O) groups excluding carboxylic acids is 1. The molecule has 0 radical (unpaired) electrons. The van der Waals surface area contributed by atoms with Crippen LogP contribution in [0, 0.1) is 6.92 Å². The molecule has 1 rings (SSSR count). The number of rotatable bonds is 3. The van der Waals surface area contributed by atoms with Gasteiger partial charge in [0.1, 0.15) is 17.1 Å². The summed E-state index contributed by atoms with van der Waals surface area (Å²) in [6, 6.07) is 0. The molecule has 108 valence electrons. The van der Waals surface area contributed by atoms with Gasteiger partial charge in [-0.25, -0.2) is 9.78 Å². The van der Waals surface area contributed by atoms with E-state index in [1.54, 1.807) is 20.8 Å². The van der Waals surface area contributed by atoms with Gasteiger partial charge in [0, 0.05) is 0 Å². The van der Waals surface area contributed by atoms with Crippen molar-refractivity contribution in [2.45, 2.75) is 39.2 Å². The van der Waals surface area contributed by atoms with Crippen LogP contribution < -0.4 is 5.32 Å². The second-order valence-corrected chi connectivity index (χ2v) is 5.92. The van der Waals surface area contributed by atoms with Crippen molar-refractivity contribution in [1.29, 1.82) is 0 Å². The lowest BCUT2D eigenvalue weighted by Crippen LogP contribution is -2.27. The molecule has 2 N–H and O–H groups in total. The van der Waals surface area contributed by atoms with E-state index < -0.39 is 24.2 Å². The average molecular weight is 294 g/mol. The van der Waals surface area contributed by atoms with Crippen molar-refractivity contribution in [3.05, 3.63) is 10.6 Å². The van der Waals surface area contributed by atoms with Crippen molar-refractivity contribution in [3.8, 4) is 0 Å². The number of aryl methyl sites for hydroxylation is 1. The van der Waals surface area contributed by atoms with E-state index >= 15 is 0 Å². The van der Waals surface area contributed by atoms with Gasteiger partial charge in [-0.3, -0.25) is 5.32 Å². The smallest absolute Gasteiger partial charge is 0.413 e. The number of alkyl halides is 2. The highest BCUT2D eigenvalue weighted by atomic mass is 32.1. The molecule has 0 saturated heterocycles. The number of thiazole rings is 1. The van der Waals surface area contributed by atoms with Crippen LogP contribution in [0.3, 0.4) is 0 Å². The minimum Gasteiger partial charge on any atom is -0.444 e. The number of anilines is 1. The lowest BCUT2D eigenvalue weighted by molar-refractivity contribution is -0.0530. The molecule has 0 aliphatic rings. The van der Waals surface area contributed by atoms with Crippen molar-refractivity contribution in [2.24, 2.45) is 0 Å². The SMILES string of the molecule is Cc1nc(NC(=O)OC(C)(C)C)sc1C(F)(F)CO. The summed E-state index contributed by atoms with van der Waals surface area (Å²) < 4.78 is 31.7. The van der Waals surface area contributed by atoms with Crippen LogP contribution in [0.5, 0.6) is 0 Å². The van der Waals surface area contributed by atoms with Crippen LogP contribution in [0.4, 0.5) is 18.7 Å². The second kappa shape index (κ2) is 5.38. The minimum atomic E-state index is -3.37. The van der Waals surface area contributed by atoms with Crippen LogP contribution in [0.2, 0.25) is 0 Å². The summed E-state index contributed by atoms with van der Waals surface area (Å²) in [6.45, 7) is 5.14. The van der Waals surface area contributed by atoms with Crippen molar-refractivity contribution in [3.63, 3.8) is 0 Å². The summed E-state index contributed by atoms with van der Waals surface area (Å²) in [7, 11) is 0. The third-order valence-electron chi connectivity index (χ3n) is 1.94. The number of amides is 1. The topological polar surface area (TPSA) is 71.5 Å². The molecule has 0 unspecified atom stereocenters. The summed E-state index contributed by atoms with van der Waals surface area (Å²) in [5, 5.41) is 10.9. The first-order chi connectivity index (χ1) is 8.55. The van der Waals surface area contributed by atoms with E-state index in [1.165, 1.54) is 6.92 Å². The second-order valence-electron chi connectivity index (χ2n) is 4.92. The van der Waals surface area contributed by atoms with Gasteiger partial charge in [0.05, 0.1) is 5.69 Å². The highest BCUT2D eigenvalue weighted by Crippen LogP contribution is 2.36. The van der Waals surface area contributed by atoms with Crippen molar-refractivity contribution in [2.75, 3.05) is 11.9 Å². The normalized spacial score (nSPS) is 12.4. The fraction of sp³-hybridized carbons (Fsp3) is 0.636. The van der Waals surface area contributed by atoms with Gasteiger partial charge in [-0.15, -0.1) is 0 Å². The standard InChI is InChI=1S/C11H16F2N2O3S/c1-6-7(11(12,13)5-16)19-8(14-6)15-9(17)18-10(2,3)4/h16H,5H2,1-4H3,(H,14,15,17). The van der Waals surface area contributed by atoms with E-state index in [-0.39, 0.29) is 15.7 Å². The number of aliphatic hydroxyl groups is 1. The van der Waals surface area contributed by atoms with Crippen LogP contribution in [-0.4, -0.2) is 28.4 Å². The summed E-state index contributed by atoms with van der Waals surface area (Å²) in [5.74, 6) is -3.37. The molecule has 0 spiro atoms. The van der Waals surface area contributed by atoms with E-state index in [0.717, 1.165) is 0 Å². The molecule has 0 atom stereocenters. The van der Waals surface area contributed by atoms with Crippen molar-refractivity contribution >= 4 is 22.6 Å². The van der Waals surface area contributed by atoms with Gasteiger partial charge < -0.3 is 9.84 Å². The molecule has 5 nitrogen and oxygen atoms in total. The minimum absolute atomic E-state index is 0.00914. The molecule has 0 aliphatic carbocycles. The molecule has 0 fully saturated rings. The highest BCUT2D eigenvalue weighted by Gasteiger charge is 2.35. The zero-order valence-electron chi connectivity index (χ0n) is 11.1. The number of hydrogen-bond acceptors (Lipinski definition) is 5.